The molecule has 0 amide bonds. The van der Waals surface area contributed by atoms with Crippen molar-refractivity contribution in [2.45, 2.75) is 59.2 Å². The van der Waals surface area contributed by atoms with Gasteiger partial charge in [-0.25, -0.2) is 29.5 Å². The van der Waals surface area contributed by atoms with Crippen LogP contribution in [-0.2, 0) is 13.1 Å². The molecule has 13 rings (SSSR count). The number of hydrogen-bond donors (Lipinski definition) is 5. The molecule has 12 aromatic rings. The van der Waals surface area contributed by atoms with E-state index >= 15 is 0 Å². The van der Waals surface area contributed by atoms with Crippen LogP contribution in [0.4, 0.5) is 5.69 Å². The summed E-state index contributed by atoms with van der Waals surface area (Å²) < 4.78 is 6.15. The Balaban J connectivity index is 0.837. The largest absolute Gasteiger partial charge is 0.382 e. The Morgan fingerprint density at radius 1 is 0.676 bits per heavy atom. The van der Waals surface area contributed by atoms with Gasteiger partial charge in [0.15, 0.2) is 17.3 Å². The monoisotopic (exact) mass is 937 g/mol. The zero-order valence-electron chi connectivity index (χ0n) is 39.4. The van der Waals surface area contributed by atoms with E-state index in [1.165, 1.54) is 24.8 Å². The lowest BCUT2D eigenvalue weighted by molar-refractivity contribution is -0.664. The summed E-state index contributed by atoms with van der Waals surface area (Å²) in [6.07, 6.45) is 23.1. The van der Waals surface area contributed by atoms with Crippen LogP contribution in [0.3, 0.4) is 0 Å². The molecule has 0 saturated carbocycles. The summed E-state index contributed by atoms with van der Waals surface area (Å²) in [5.74, 6) is 1.33. The van der Waals surface area contributed by atoms with Gasteiger partial charge in [0.25, 0.3) is 0 Å². The van der Waals surface area contributed by atoms with Crippen molar-refractivity contribution in [3.63, 3.8) is 0 Å². The van der Waals surface area contributed by atoms with E-state index in [0.29, 0.717) is 23.8 Å². The number of rotatable bonds is 12. The van der Waals surface area contributed by atoms with Crippen LogP contribution in [0, 0.1) is 6.92 Å². The molecular weight excluding hydrogens is 889 g/mol. The average molecular weight is 938 g/mol. The molecule has 1 aliphatic heterocycles. The van der Waals surface area contributed by atoms with Crippen molar-refractivity contribution in [2.24, 2.45) is 0 Å². The molecule has 5 N–H and O–H groups in total. The minimum absolute atomic E-state index is 0.245. The van der Waals surface area contributed by atoms with E-state index in [0.717, 1.165) is 120 Å². The van der Waals surface area contributed by atoms with E-state index in [1.54, 1.807) is 0 Å². The number of pyridine rings is 4. The van der Waals surface area contributed by atoms with E-state index in [2.05, 4.69) is 105 Å². The fourth-order valence-corrected chi connectivity index (χ4v) is 9.93. The van der Waals surface area contributed by atoms with Gasteiger partial charge in [-0.3, -0.25) is 20.0 Å². The van der Waals surface area contributed by atoms with Gasteiger partial charge in [0.05, 0.1) is 63.1 Å². The smallest absolute Gasteiger partial charge is 0.358 e. The number of nitrogens with zero attached hydrogens (tertiary/aromatic N) is 13. The molecule has 11 heterocycles. The number of anilines is 1. The lowest BCUT2D eigenvalue weighted by atomic mass is 10.1. The van der Waals surface area contributed by atoms with Crippen LogP contribution in [0.2, 0.25) is 0 Å². The Labute approximate surface area is 406 Å². The molecular formula is C53H49N18+. The summed E-state index contributed by atoms with van der Waals surface area (Å²) in [6.45, 7) is 9.80. The molecule has 1 fully saturated rings. The van der Waals surface area contributed by atoms with Crippen molar-refractivity contribution in [2.75, 3.05) is 18.4 Å². The third kappa shape index (κ3) is 7.92. The van der Waals surface area contributed by atoms with Gasteiger partial charge in [-0.15, -0.1) is 0 Å². The molecule has 0 spiro atoms. The molecule has 2 aromatic carbocycles. The Hall–Kier alpha value is -8.90. The third-order valence-corrected chi connectivity index (χ3v) is 13.3. The van der Waals surface area contributed by atoms with Gasteiger partial charge < -0.3 is 24.4 Å². The Morgan fingerprint density at radius 3 is 2.10 bits per heavy atom. The van der Waals surface area contributed by atoms with Crippen molar-refractivity contribution in [3.8, 4) is 56.7 Å². The quantitative estimate of drug-likeness (QED) is 0.0731. The van der Waals surface area contributed by atoms with Gasteiger partial charge >= 0.3 is 5.65 Å². The Morgan fingerprint density at radius 2 is 1.35 bits per heavy atom. The zero-order valence-corrected chi connectivity index (χ0v) is 39.4. The number of hydrogen-bond acceptors (Lipinski definition) is 11. The summed E-state index contributed by atoms with van der Waals surface area (Å²) in [6, 6.07) is 21.1. The van der Waals surface area contributed by atoms with Crippen LogP contribution < -0.4 is 9.88 Å². The second kappa shape index (κ2) is 17.3. The topological polar surface area (TPSA) is 208 Å². The second-order valence-electron chi connectivity index (χ2n) is 18.8. The molecule has 71 heavy (non-hydrogen) atoms. The summed E-state index contributed by atoms with van der Waals surface area (Å²) in [7, 11) is 0. The maximum atomic E-state index is 5.17. The predicted octanol–water partition coefficient (Wildman–Crippen LogP) is 8.87. The molecule has 0 unspecified atom stereocenters. The molecule has 1 saturated heterocycles. The third-order valence-electron chi connectivity index (χ3n) is 13.3. The number of aromatic amines is 4. The molecule has 0 radical (unpaired) electrons. The minimum atomic E-state index is 0.245. The van der Waals surface area contributed by atoms with E-state index in [4.69, 9.17) is 25.0 Å². The fourth-order valence-electron chi connectivity index (χ4n) is 9.93. The standard InChI is InChI=1S/C53H48N18/c1-31(2)59-38-16-35(21-55-23-38)37-18-41-47(52-61-42-9-7-11-44(48(42)63-52)70-24-32(3)57-29-70)65-67-53(41)69(26-37)27-39-28-71(30-58-39)45-12-8-10-43-49(45)62-51(60-43)46-40-17-36(22-56-50(40)66-64-46)34-15-33(19-54-20-34)25-68-13-5-4-6-14-68/h7-12,15-24,26,28-31,59H,4-6,13-14,25,27H2,1-3H3,(H3,56,60,61,62,63,64,65,66)/p+1. The molecule has 0 bridgehead atoms. The number of likely N-dealkylation sites (tertiary alicyclic amines) is 1. The van der Waals surface area contributed by atoms with Crippen molar-refractivity contribution in [1.29, 1.82) is 0 Å². The van der Waals surface area contributed by atoms with Crippen LogP contribution >= 0.6 is 0 Å². The number of aromatic nitrogens is 16. The summed E-state index contributed by atoms with van der Waals surface area (Å²) in [4.78, 5) is 43.3. The van der Waals surface area contributed by atoms with E-state index in [1.807, 2.05) is 102 Å². The van der Waals surface area contributed by atoms with Gasteiger partial charge in [-0.1, -0.05) is 18.6 Å². The molecule has 350 valence electrons. The highest BCUT2D eigenvalue weighted by atomic mass is 15.2. The average Bonchev–Trinajstić information content (AvgIpc) is 4.26. The molecule has 18 heteroatoms. The predicted molar refractivity (Wildman–Crippen MR) is 273 cm³/mol. The Bertz CT molecular complexity index is 3930. The molecule has 0 aliphatic carbocycles. The number of aryl methyl sites for hydroxylation is 1. The lowest BCUT2D eigenvalue weighted by Crippen LogP contribution is -2.35. The first-order chi connectivity index (χ1) is 34.8. The number of piperidine rings is 1. The van der Waals surface area contributed by atoms with E-state index < -0.39 is 0 Å². The summed E-state index contributed by atoms with van der Waals surface area (Å²) >= 11 is 0. The van der Waals surface area contributed by atoms with Crippen molar-refractivity contribution < 1.29 is 4.57 Å². The number of fused-ring (bicyclic) bond motifs is 4. The Kier molecular flexibility index (Phi) is 10.3. The zero-order chi connectivity index (χ0) is 47.6. The maximum Gasteiger partial charge on any atom is 0.358 e. The van der Waals surface area contributed by atoms with Crippen LogP contribution in [0.15, 0.2) is 123 Å². The summed E-state index contributed by atoms with van der Waals surface area (Å²) in [5.41, 5.74) is 15.9. The number of para-hydroxylation sites is 2. The number of H-pyrrole nitrogens is 4. The summed E-state index contributed by atoms with van der Waals surface area (Å²) in [5, 5.41) is 21.3. The van der Waals surface area contributed by atoms with Crippen molar-refractivity contribution in [1.82, 2.24) is 79.3 Å². The first-order valence-corrected chi connectivity index (χ1v) is 24.0. The van der Waals surface area contributed by atoms with Crippen LogP contribution in [0.25, 0.3) is 101 Å². The molecule has 0 atom stereocenters. The van der Waals surface area contributed by atoms with Gasteiger partial charge in [0.1, 0.15) is 40.0 Å². The van der Waals surface area contributed by atoms with Crippen LogP contribution in [-0.4, -0.2) is 98.4 Å². The molecule has 10 aromatic heterocycles. The highest BCUT2D eigenvalue weighted by Crippen LogP contribution is 2.33. The van der Waals surface area contributed by atoms with E-state index in [9.17, 15) is 0 Å². The number of nitrogens with one attached hydrogen (secondary N) is 5. The maximum absolute atomic E-state index is 5.17. The minimum Gasteiger partial charge on any atom is -0.382 e. The molecule has 18 nitrogen and oxygen atoms in total. The van der Waals surface area contributed by atoms with E-state index in [-0.39, 0.29) is 6.04 Å². The second-order valence-corrected chi connectivity index (χ2v) is 18.8. The van der Waals surface area contributed by atoms with Gasteiger partial charge in [0.2, 0.25) is 0 Å². The van der Waals surface area contributed by atoms with Crippen molar-refractivity contribution in [3.05, 3.63) is 140 Å². The first-order valence-electron chi connectivity index (χ1n) is 24.0. The SMILES string of the molecule is Cc1cn(-c2cccc3[nH]c(-c4[nH]nc5c4cc(-c4cncc(NC(C)C)c4)c[n+]5Cc4cn(-c5cccc6[nH]c(-c7[nH]nc8ncc(-c9cncc(CN%10CCCCC%10)c9)cc78)nc56)cn4)nc23)cn1. The molecule has 1 aliphatic rings. The van der Waals surface area contributed by atoms with Crippen molar-refractivity contribution >= 4 is 49.8 Å². The van der Waals surface area contributed by atoms with Gasteiger partial charge in [0, 0.05) is 78.2 Å². The fraction of sp³-hybridized carbons (Fsp3) is 0.208. The highest BCUT2D eigenvalue weighted by molar-refractivity contribution is 5.96. The normalized spacial score (nSPS) is 13.5. The van der Waals surface area contributed by atoms with Gasteiger partial charge in [-0.2, -0.15) is 10.2 Å². The lowest BCUT2D eigenvalue weighted by Gasteiger charge is -2.26. The number of imidazole rings is 4. The highest BCUT2D eigenvalue weighted by Gasteiger charge is 2.25. The number of benzene rings is 2. The first kappa shape index (κ1) is 42.2. The van der Waals surface area contributed by atoms with Crippen LogP contribution in [0.5, 0.6) is 0 Å². The van der Waals surface area contributed by atoms with Crippen LogP contribution in [0.1, 0.15) is 50.1 Å². The van der Waals surface area contributed by atoms with Gasteiger partial charge in [-0.05, 0) is 101 Å².